The summed E-state index contributed by atoms with van der Waals surface area (Å²) in [5.41, 5.74) is 2.26. The summed E-state index contributed by atoms with van der Waals surface area (Å²) in [6.07, 6.45) is 0.925. The minimum Gasteiger partial charge on any atom is -0.395 e. The highest BCUT2D eigenvalue weighted by Crippen LogP contribution is 2.22. The van der Waals surface area contributed by atoms with Gasteiger partial charge in [0.1, 0.15) is 0 Å². The zero-order valence-electron chi connectivity index (χ0n) is 11.7. The summed E-state index contributed by atoms with van der Waals surface area (Å²) < 4.78 is 3.12. The topological polar surface area (TPSA) is 50.1 Å². The van der Waals surface area contributed by atoms with Crippen LogP contribution in [-0.4, -0.2) is 27.5 Å². The molecule has 5 heteroatoms. The van der Waals surface area contributed by atoms with Gasteiger partial charge in [0.2, 0.25) is 0 Å². The van der Waals surface area contributed by atoms with Gasteiger partial charge in [-0.2, -0.15) is 5.10 Å². The van der Waals surface area contributed by atoms with Crippen molar-refractivity contribution >= 4 is 15.9 Å². The van der Waals surface area contributed by atoms with Crippen LogP contribution >= 0.6 is 15.9 Å². The van der Waals surface area contributed by atoms with Gasteiger partial charge in [0.05, 0.1) is 22.5 Å². The molecule has 0 radical (unpaired) electrons. The second kappa shape index (κ2) is 7.26. The molecular weight excluding hydrogens is 294 g/mol. The van der Waals surface area contributed by atoms with Crippen LogP contribution in [0.25, 0.3) is 0 Å². The number of nitrogens with zero attached hydrogens (tertiary/aromatic N) is 2. The van der Waals surface area contributed by atoms with E-state index in [2.05, 4.69) is 54.0 Å². The molecule has 1 aromatic rings. The number of aliphatic hydroxyl groups excluding tert-OH is 1. The first-order valence-electron chi connectivity index (χ1n) is 6.63. The van der Waals surface area contributed by atoms with E-state index in [0.29, 0.717) is 5.92 Å². The number of nitrogens with one attached hydrogen (secondary N) is 1. The van der Waals surface area contributed by atoms with Gasteiger partial charge in [-0.3, -0.25) is 4.68 Å². The maximum absolute atomic E-state index is 9.32. The molecule has 0 saturated heterocycles. The van der Waals surface area contributed by atoms with Crippen LogP contribution in [0.1, 0.15) is 39.1 Å². The van der Waals surface area contributed by atoms with Crippen molar-refractivity contribution in [2.45, 2.75) is 53.2 Å². The smallest absolute Gasteiger partial charge is 0.0767 e. The summed E-state index contributed by atoms with van der Waals surface area (Å²) in [6, 6.07) is 0.127. The van der Waals surface area contributed by atoms with Crippen molar-refractivity contribution in [3.05, 3.63) is 15.9 Å². The van der Waals surface area contributed by atoms with Crippen molar-refractivity contribution in [3.8, 4) is 0 Å². The molecule has 0 spiro atoms. The number of hydrogen-bond donors (Lipinski definition) is 2. The lowest BCUT2D eigenvalue weighted by Crippen LogP contribution is -2.37. The van der Waals surface area contributed by atoms with Crippen molar-refractivity contribution in [2.24, 2.45) is 5.92 Å². The normalized spacial score (nSPS) is 13.3. The molecule has 0 bridgehead atoms. The largest absolute Gasteiger partial charge is 0.395 e. The number of aliphatic hydroxyl groups is 1. The van der Waals surface area contributed by atoms with E-state index in [1.807, 2.05) is 4.68 Å². The molecule has 0 aromatic carbocycles. The first-order chi connectivity index (χ1) is 8.54. The van der Waals surface area contributed by atoms with Crippen LogP contribution in [0.2, 0.25) is 0 Å². The minimum atomic E-state index is 0.127. The van der Waals surface area contributed by atoms with Crippen molar-refractivity contribution < 1.29 is 5.11 Å². The van der Waals surface area contributed by atoms with Gasteiger partial charge < -0.3 is 10.4 Å². The fraction of sp³-hybridized carbons (Fsp3) is 0.769. The Labute approximate surface area is 118 Å². The molecule has 1 rings (SSSR count). The maximum atomic E-state index is 9.32. The van der Waals surface area contributed by atoms with E-state index in [0.717, 1.165) is 35.4 Å². The molecule has 0 aliphatic rings. The Morgan fingerprint density at radius 1 is 1.39 bits per heavy atom. The molecule has 2 N–H and O–H groups in total. The second-order valence-corrected chi connectivity index (χ2v) is 5.58. The SMILES string of the molecule is CCc1nn(CC)c(CN[C@H](CO)C(C)C)c1Br. The van der Waals surface area contributed by atoms with Crippen molar-refractivity contribution in [2.75, 3.05) is 6.61 Å². The third kappa shape index (κ3) is 3.56. The Morgan fingerprint density at radius 3 is 2.50 bits per heavy atom. The van der Waals surface area contributed by atoms with E-state index in [-0.39, 0.29) is 12.6 Å². The van der Waals surface area contributed by atoms with Crippen molar-refractivity contribution in [3.63, 3.8) is 0 Å². The zero-order valence-corrected chi connectivity index (χ0v) is 13.3. The molecule has 0 aliphatic carbocycles. The fourth-order valence-electron chi connectivity index (χ4n) is 1.93. The lowest BCUT2D eigenvalue weighted by Gasteiger charge is -2.20. The standard InChI is InChI=1S/C13H24BrN3O/c1-5-10-13(14)12(17(6-2)16-10)7-15-11(8-18)9(3)4/h9,11,15,18H,5-8H2,1-4H3/t11-/m1/s1. The Bertz CT molecular complexity index is 377. The highest BCUT2D eigenvalue weighted by Gasteiger charge is 2.16. The van der Waals surface area contributed by atoms with Crippen LogP contribution in [0.3, 0.4) is 0 Å². The van der Waals surface area contributed by atoms with Gasteiger partial charge in [0.15, 0.2) is 0 Å². The van der Waals surface area contributed by atoms with Crippen LogP contribution in [-0.2, 0) is 19.5 Å². The molecule has 0 unspecified atom stereocenters. The molecular formula is C13H24BrN3O. The maximum Gasteiger partial charge on any atom is 0.0767 e. The van der Waals surface area contributed by atoms with Gasteiger partial charge in [-0.15, -0.1) is 0 Å². The van der Waals surface area contributed by atoms with Crippen LogP contribution in [0.15, 0.2) is 4.47 Å². The van der Waals surface area contributed by atoms with Gasteiger partial charge in [0, 0.05) is 19.1 Å². The lowest BCUT2D eigenvalue weighted by molar-refractivity contribution is 0.209. The Balaban J connectivity index is 2.80. The summed E-state index contributed by atoms with van der Waals surface area (Å²) in [4.78, 5) is 0. The summed E-state index contributed by atoms with van der Waals surface area (Å²) in [5, 5.41) is 17.3. The average molecular weight is 318 g/mol. The van der Waals surface area contributed by atoms with Crippen molar-refractivity contribution in [1.82, 2.24) is 15.1 Å². The minimum absolute atomic E-state index is 0.127. The van der Waals surface area contributed by atoms with Crippen molar-refractivity contribution in [1.29, 1.82) is 0 Å². The van der Waals surface area contributed by atoms with Crippen LogP contribution in [0, 0.1) is 5.92 Å². The molecule has 1 aromatic heterocycles. The predicted octanol–water partition coefficient (Wildman–Crippen LogP) is 2.33. The Morgan fingerprint density at radius 2 is 2.06 bits per heavy atom. The monoisotopic (exact) mass is 317 g/mol. The first kappa shape index (κ1) is 15.7. The van der Waals surface area contributed by atoms with Crippen LogP contribution < -0.4 is 5.32 Å². The van der Waals surface area contributed by atoms with Crippen LogP contribution in [0.5, 0.6) is 0 Å². The molecule has 18 heavy (non-hydrogen) atoms. The van der Waals surface area contributed by atoms with E-state index < -0.39 is 0 Å². The quantitative estimate of drug-likeness (QED) is 0.811. The number of aryl methyl sites for hydroxylation is 2. The number of rotatable bonds is 7. The lowest BCUT2D eigenvalue weighted by atomic mass is 10.1. The van der Waals surface area contributed by atoms with Crippen LogP contribution in [0.4, 0.5) is 0 Å². The molecule has 0 fully saturated rings. The number of aromatic nitrogens is 2. The van der Waals surface area contributed by atoms with E-state index >= 15 is 0 Å². The van der Waals surface area contributed by atoms with E-state index in [4.69, 9.17) is 0 Å². The first-order valence-corrected chi connectivity index (χ1v) is 7.42. The summed E-state index contributed by atoms with van der Waals surface area (Å²) >= 11 is 3.63. The highest BCUT2D eigenvalue weighted by molar-refractivity contribution is 9.10. The summed E-state index contributed by atoms with van der Waals surface area (Å²) in [6.45, 7) is 10.2. The third-order valence-electron chi connectivity index (χ3n) is 3.23. The fourth-order valence-corrected chi connectivity index (χ4v) is 2.63. The van der Waals surface area contributed by atoms with E-state index in [1.54, 1.807) is 0 Å². The highest BCUT2D eigenvalue weighted by atomic mass is 79.9. The Hall–Kier alpha value is -0.390. The molecule has 0 aliphatic heterocycles. The molecule has 0 amide bonds. The van der Waals surface area contributed by atoms with Gasteiger partial charge in [0.25, 0.3) is 0 Å². The number of halogens is 1. The molecule has 4 nitrogen and oxygen atoms in total. The van der Waals surface area contributed by atoms with Gasteiger partial charge in [-0.25, -0.2) is 0 Å². The Kier molecular flexibility index (Phi) is 6.32. The van der Waals surface area contributed by atoms with E-state index in [9.17, 15) is 5.11 Å². The van der Waals surface area contributed by atoms with Gasteiger partial charge in [-0.05, 0) is 35.2 Å². The zero-order chi connectivity index (χ0) is 13.7. The molecule has 1 heterocycles. The molecule has 104 valence electrons. The molecule has 1 atom stereocenters. The second-order valence-electron chi connectivity index (χ2n) is 4.79. The predicted molar refractivity (Wildman–Crippen MR) is 77.5 cm³/mol. The summed E-state index contributed by atoms with van der Waals surface area (Å²) in [5.74, 6) is 0.414. The molecule has 0 saturated carbocycles. The van der Waals surface area contributed by atoms with Gasteiger partial charge >= 0.3 is 0 Å². The average Bonchev–Trinajstić information content (AvgIpc) is 2.66. The van der Waals surface area contributed by atoms with E-state index in [1.165, 1.54) is 0 Å². The van der Waals surface area contributed by atoms with Gasteiger partial charge in [-0.1, -0.05) is 20.8 Å². The summed E-state index contributed by atoms with van der Waals surface area (Å²) in [7, 11) is 0. The third-order valence-corrected chi connectivity index (χ3v) is 4.14. The number of hydrogen-bond acceptors (Lipinski definition) is 3.